The quantitative estimate of drug-likeness (QED) is 0.581. The molecule has 0 saturated heterocycles. The second-order valence-corrected chi connectivity index (χ2v) is 4.62. The molecule has 6 heteroatoms. The van der Waals surface area contributed by atoms with Gasteiger partial charge < -0.3 is 10.5 Å². The van der Waals surface area contributed by atoms with E-state index in [0.717, 1.165) is 24.6 Å². The minimum Gasteiger partial charge on any atom is -0.508 e. The van der Waals surface area contributed by atoms with Crippen molar-refractivity contribution in [2.24, 2.45) is 5.84 Å². The molecule has 3 rings (SSSR count). The SMILES string of the molecule is NNc1cc(C2CC2)nc(-c2cc(O)cc(F)c2)n1. The molecule has 0 unspecified atom stereocenters. The second-order valence-electron chi connectivity index (χ2n) is 4.62. The number of nitrogen functional groups attached to an aromatic ring is 1. The van der Waals surface area contributed by atoms with Crippen molar-refractivity contribution in [3.63, 3.8) is 0 Å². The molecule has 1 aliphatic rings. The number of phenols is 1. The van der Waals surface area contributed by atoms with E-state index in [1.807, 2.05) is 0 Å². The summed E-state index contributed by atoms with van der Waals surface area (Å²) in [6, 6.07) is 5.54. The summed E-state index contributed by atoms with van der Waals surface area (Å²) in [4.78, 5) is 8.60. The van der Waals surface area contributed by atoms with E-state index in [1.54, 1.807) is 6.07 Å². The fourth-order valence-electron chi connectivity index (χ4n) is 1.96. The Labute approximate surface area is 109 Å². The van der Waals surface area contributed by atoms with Crippen LogP contribution in [0.25, 0.3) is 11.4 Å². The normalized spacial score (nSPS) is 14.4. The lowest BCUT2D eigenvalue weighted by Crippen LogP contribution is -2.10. The largest absolute Gasteiger partial charge is 0.508 e. The van der Waals surface area contributed by atoms with Crippen molar-refractivity contribution in [1.29, 1.82) is 0 Å². The molecule has 98 valence electrons. The molecule has 1 aromatic heterocycles. The second kappa shape index (κ2) is 4.47. The average Bonchev–Trinajstić information content (AvgIpc) is 3.21. The highest BCUT2D eigenvalue weighted by Crippen LogP contribution is 2.40. The van der Waals surface area contributed by atoms with Crippen LogP contribution >= 0.6 is 0 Å². The third-order valence-corrected chi connectivity index (χ3v) is 3.03. The highest BCUT2D eigenvalue weighted by molar-refractivity contribution is 5.60. The van der Waals surface area contributed by atoms with E-state index in [-0.39, 0.29) is 5.75 Å². The zero-order valence-corrected chi connectivity index (χ0v) is 10.1. The molecule has 5 nitrogen and oxygen atoms in total. The van der Waals surface area contributed by atoms with Crippen LogP contribution in [0.3, 0.4) is 0 Å². The lowest BCUT2D eigenvalue weighted by Gasteiger charge is -2.07. The number of aromatic nitrogens is 2. The highest BCUT2D eigenvalue weighted by Gasteiger charge is 2.26. The maximum atomic E-state index is 13.3. The van der Waals surface area contributed by atoms with Crippen molar-refractivity contribution >= 4 is 5.82 Å². The van der Waals surface area contributed by atoms with Crippen LogP contribution in [0.1, 0.15) is 24.5 Å². The number of aromatic hydroxyl groups is 1. The molecular formula is C13H13FN4O. The van der Waals surface area contributed by atoms with Gasteiger partial charge in [0, 0.05) is 29.3 Å². The number of nitrogens with two attached hydrogens (primary N) is 1. The predicted molar refractivity (Wildman–Crippen MR) is 68.9 cm³/mol. The molecule has 0 bridgehead atoms. The average molecular weight is 260 g/mol. The third kappa shape index (κ3) is 2.48. The first kappa shape index (κ1) is 11.9. The maximum absolute atomic E-state index is 13.3. The fraction of sp³-hybridized carbons (Fsp3) is 0.231. The number of rotatable bonds is 3. The van der Waals surface area contributed by atoms with E-state index in [0.29, 0.717) is 23.1 Å². The van der Waals surface area contributed by atoms with Crippen molar-refractivity contribution in [2.75, 3.05) is 5.43 Å². The van der Waals surface area contributed by atoms with Gasteiger partial charge in [-0.05, 0) is 25.0 Å². The van der Waals surface area contributed by atoms with Gasteiger partial charge in [-0.2, -0.15) is 0 Å². The van der Waals surface area contributed by atoms with E-state index in [9.17, 15) is 9.50 Å². The summed E-state index contributed by atoms with van der Waals surface area (Å²) in [6.07, 6.45) is 2.18. The van der Waals surface area contributed by atoms with Crippen molar-refractivity contribution in [2.45, 2.75) is 18.8 Å². The van der Waals surface area contributed by atoms with E-state index >= 15 is 0 Å². The number of nitrogens with one attached hydrogen (secondary N) is 1. The molecule has 1 saturated carbocycles. The summed E-state index contributed by atoms with van der Waals surface area (Å²) in [5.74, 6) is 5.96. The smallest absolute Gasteiger partial charge is 0.162 e. The first-order valence-electron chi connectivity index (χ1n) is 6.01. The Kier molecular flexibility index (Phi) is 2.79. The van der Waals surface area contributed by atoms with Crippen LogP contribution in [0.4, 0.5) is 10.2 Å². The van der Waals surface area contributed by atoms with Crippen molar-refractivity contribution < 1.29 is 9.50 Å². The van der Waals surface area contributed by atoms with Crippen LogP contribution in [-0.4, -0.2) is 15.1 Å². The summed E-state index contributed by atoms with van der Waals surface area (Å²) >= 11 is 0. The topological polar surface area (TPSA) is 84.1 Å². The molecule has 0 radical (unpaired) electrons. The molecule has 1 heterocycles. The Balaban J connectivity index is 2.09. The molecule has 0 aliphatic heterocycles. The Bertz CT molecular complexity index is 608. The number of anilines is 1. The summed E-state index contributed by atoms with van der Waals surface area (Å²) < 4.78 is 13.3. The lowest BCUT2D eigenvalue weighted by molar-refractivity contribution is 0.469. The molecule has 0 amide bonds. The number of benzene rings is 1. The monoisotopic (exact) mass is 260 g/mol. The van der Waals surface area contributed by atoms with Crippen molar-refractivity contribution in [3.8, 4) is 17.1 Å². The highest BCUT2D eigenvalue weighted by atomic mass is 19.1. The summed E-state index contributed by atoms with van der Waals surface area (Å²) in [6.45, 7) is 0. The Morgan fingerprint density at radius 3 is 2.63 bits per heavy atom. The molecule has 1 fully saturated rings. The first-order valence-corrected chi connectivity index (χ1v) is 6.01. The molecule has 0 spiro atoms. The van der Waals surface area contributed by atoms with Gasteiger partial charge in [0.05, 0.1) is 0 Å². The van der Waals surface area contributed by atoms with E-state index in [4.69, 9.17) is 5.84 Å². The van der Waals surface area contributed by atoms with Gasteiger partial charge in [0.1, 0.15) is 17.4 Å². The van der Waals surface area contributed by atoms with Crippen LogP contribution in [0, 0.1) is 5.82 Å². The molecule has 4 N–H and O–H groups in total. The van der Waals surface area contributed by atoms with Gasteiger partial charge in [0.15, 0.2) is 5.82 Å². The third-order valence-electron chi connectivity index (χ3n) is 3.03. The van der Waals surface area contributed by atoms with Crippen molar-refractivity contribution in [1.82, 2.24) is 9.97 Å². The summed E-state index contributed by atoms with van der Waals surface area (Å²) in [5.41, 5.74) is 3.80. The molecule has 1 aliphatic carbocycles. The van der Waals surface area contributed by atoms with Gasteiger partial charge in [0.2, 0.25) is 0 Å². The van der Waals surface area contributed by atoms with Gasteiger partial charge >= 0.3 is 0 Å². The summed E-state index contributed by atoms with van der Waals surface area (Å²) in [5, 5.41) is 9.44. The van der Waals surface area contributed by atoms with Gasteiger partial charge in [-0.15, -0.1) is 0 Å². The summed E-state index contributed by atoms with van der Waals surface area (Å²) in [7, 11) is 0. The first-order chi connectivity index (χ1) is 9.15. The van der Waals surface area contributed by atoms with Crippen LogP contribution in [0.5, 0.6) is 5.75 Å². The molecule has 1 aromatic carbocycles. The number of hydrogen-bond donors (Lipinski definition) is 3. The fourth-order valence-corrected chi connectivity index (χ4v) is 1.96. The van der Waals surface area contributed by atoms with Crippen molar-refractivity contribution in [3.05, 3.63) is 35.8 Å². The van der Waals surface area contributed by atoms with Gasteiger partial charge in [-0.1, -0.05) is 0 Å². The Morgan fingerprint density at radius 2 is 2.00 bits per heavy atom. The Morgan fingerprint density at radius 1 is 1.21 bits per heavy atom. The predicted octanol–water partition coefficient (Wildman–Crippen LogP) is 2.15. The zero-order chi connectivity index (χ0) is 13.4. The molecule has 19 heavy (non-hydrogen) atoms. The zero-order valence-electron chi connectivity index (χ0n) is 10.1. The van der Waals surface area contributed by atoms with Crippen LogP contribution < -0.4 is 11.3 Å². The Hall–Kier alpha value is -2.21. The van der Waals surface area contributed by atoms with Crippen LogP contribution in [0.2, 0.25) is 0 Å². The lowest BCUT2D eigenvalue weighted by atomic mass is 10.2. The number of halogens is 1. The standard InChI is InChI=1S/C13H13FN4O/c14-9-3-8(4-10(19)5-9)13-16-11(7-1-2-7)6-12(17-13)18-15/h3-7,19H,1-2,15H2,(H,16,17,18). The van der Waals surface area contributed by atoms with E-state index < -0.39 is 5.82 Å². The number of nitrogens with zero attached hydrogens (tertiary/aromatic N) is 2. The number of hydrazine groups is 1. The van der Waals surface area contributed by atoms with Gasteiger partial charge in [0.25, 0.3) is 0 Å². The molecular weight excluding hydrogens is 247 g/mol. The van der Waals surface area contributed by atoms with E-state index in [1.165, 1.54) is 12.1 Å². The number of hydrogen-bond acceptors (Lipinski definition) is 5. The molecule has 2 aromatic rings. The number of phenolic OH excluding ortho intramolecular Hbond substituents is 1. The minimum atomic E-state index is -0.530. The van der Waals surface area contributed by atoms with E-state index in [2.05, 4.69) is 15.4 Å². The van der Waals surface area contributed by atoms with Gasteiger partial charge in [-0.3, -0.25) is 0 Å². The van der Waals surface area contributed by atoms with Gasteiger partial charge in [-0.25, -0.2) is 20.2 Å². The minimum absolute atomic E-state index is 0.155. The maximum Gasteiger partial charge on any atom is 0.162 e. The van der Waals surface area contributed by atoms with Crippen LogP contribution in [0.15, 0.2) is 24.3 Å². The molecule has 0 atom stereocenters. The van der Waals surface area contributed by atoms with Crippen LogP contribution in [-0.2, 0) is 0 Å².